The summed E-state index contributed by atoms with van der Waals surface area (Å²) in [6.07, 6.45) is 3.33. The third-order valence-corrected chi connectivity index (χ3v) is 8.64. The van der Waals surface area contributed by atoms with E-state index in [1.807, 2.05) is 10.9 Å². The Hall–Kier alpha value is -5.41. The van der Waals surface area contributed by atoms with Crippen molar-refractivity contribution in [2.75, 3.05) is 27.4 Å². The number of nitrogens with one attached hydrogen (secondary N) is 1. The molecule has 0 saturated heterocycles. The monoisotopic (exact) mass is 724 g/mol. The van der Waals surface area contributed by atoms with Gasteiger partial charge in [0, 0.05) is 52.0 Å². The zero-order valence-electron chi connectivity index (χ0n) is 27.6. The lowest BCUT2D eigenvalue weighted by molar-refractivity contribution is -0.117. The molecule has 6 rings (SSSR count). The predicted molar refractivity (Wildman–Crippen MR) is 179 cm³/mol. The van der Waals surface area contributed by atoms with Crippen LogP contribution in [0.15, 0.2) is 48.7 Å². The Morgan fingerprint density at radius 2 is 1.82 bits per heavy atom. The number of benzene rings is 2. The standard InChI is InChI=1S/C35H32ClF3N6O6/c1-4-51-33-17(10-29(40)46)9-27(42-32(33)22-13-23(36)25(38)14-24(22)37)35(48,20-11-28(39)43-30(12-20)50-3)16-41-34(47)18-7-19-15-45(21-5-6-21)44-31(19)26(8-18)49-2/h7-9,11-15,21,48H,4-6,10,16H2,1-3H3,(H2,40,46)(H,41,47)/t35-/m1/s1. The van der Waals surface area contributed by atoms with Crippen LogP contribution >= 0.6 is 11.6 Å². The molecule has 3 aromatic heterocycles. The third-order valence-electron chi connectivity index (χ3n) is 8.35. The molecule has 0 radical (unpaired) electrons. The Kier molecular flexibility index (Phi) is 9.77. The van der Waals surface area contributed by atoms with Crippen molar-refractivity contribution in [3.63, 3.8) is 0 Å². The highest BCUT2D eigenvalue weighted by Gasteiger charge is 2.38. The van der Waals surface area contributed by atoms with Crippen LogP contribution in [0.5, 0.6) is 17.4 Å². The van der Waals surface area contributed by atoms with Crippen molar-refractivity contribution in [1.82, 2.24) is 25.1 Å². The summed E-state index contributed by atoms with van der Waals surface area (Å²) in [6.45, 7) is 1.00. The fraction of sp³-hybridized carbons (Fsp3) is 0.286. The Morgan fingerprint density at radius 3 is 2.49 bits per heavy atom. The van der Waals surface area contributed by atoms with Gasteiger partial charge in [-0.1, -0.05) is 11.6 Å². The maximum absolute atomic E-state index is 15.4. The van der Waals surface area contributed by atoms with E-state index in [1.54, 1.807) is 13.0 Å². The minimum Gasteiger partial charge on any atom is -0.494 e. The van der Waals surface area contributed by atoms with E-state index in [4.69, 9.17) is 31.5 Å². The van der Waals surface area contributed by atoms with Gasteiger partial charge in [0.2, 0.25) is 17.7 Å². The average molecular weight is 725 g/mol. The van der Waals surface area contributed by atoms with E-state index in [-0.39, 0.29) is 57.9 Å². The van der Waals surface area contributed by atoms with Crippen LogP contribution in [0.25, 0.3) is 22.2 Å². The van der Waals surface area contributed by atoms with Crippen molar-refractivity contribution in [2.24, 2.45) is 5.73 Å². The maximum Gasteiger partial charge on any atom is 0.251 e. The number of amides is 2. The molecule has 0 spiro atoms. The summed E-state index contributed by atoms with van der Waals surface area (Å²) in [6, 6.07) is 8.29. The lowest BCUT2D eigenvalue weighted by Gasteiger charge is -2.30. The largest absolute Gasteiger partial charge is 0.494 e. The van der Waals surface area contributed by atoms with E-state index in [0.29, 0.717) is 22.7 Å². The summed E-state index contributed by atoms with van der Waals surface area (Å²) in [5.74, 6) is -4.63. The predicted octanol–water partition coefficient (Wildman–Crippen LogP) is 5.01. The molecule has 12 nitrogen and oxygen atoms in total. The third kappa shape index (κ3) is 7.12. The van der Waals surface area contributed by atoms with Crippen molar-refractivity contribution >= 4 is 34.3 Å². The summed E-state index contributed by atoms with van der Waals surface area (Å²) < 4.78 is 62.8. The normalized spacial score (nSPS) is 13.9. The summed E-state index contributed by atoms with van der Waals surface area (Å²) in [5.41, 5.74) is 2.82. The molecule has 1 atom stereocenters. The molecule has 0 bridgehead atoms. The topological polar surface area (TPSA) is 164 Å². The van der Waals surface area contributed by atoms with Crippen molar-refractivity contribution in [2.45, 2.75) is 37.8 Å². The number of halogens is 4. The molecule has 1 saturated carbocycles. The van der Waals surface area contributed by atoms with Gasteiger partial charge >= 0.3 is 0 Å². The first-order valence-corrected chi connectivity index (χ1v) is 16.1. The SMILES string of the molecule is CCOc1c(CC(N)=O)cc([C@@](O)(CNC(=O)c2cc(OC)c3nn(C4CC4)cc3c2)c2cc(F)nc(OC)c2)nc1-c1cc(Cl)c(F)cc1F. The van der Waals surface area contributed by atoms with Gasteiger partial charge in [-0.25, -0.2) is 13.8 Å². The smallest absolute Gasteiger partial charge is 0.251 e. The highest BCUT2D eigenvalue weighted by molar-refractivity contribution is 6.31. The molecule has 4 N–H and O–H groups in total. The number of nitrogens with two attached hydrogens (primary N) is 1. The molecule has 0 aliphatic heterocycles. The summed E-state index contributed by atoms with van der Waals surface area (Å²) in [5, 5.41) is 20.0. The number of carbonyl (C=O) groups is 2. The first-order chi connectivity index (χ1) is 24.3. The number of hydrogen-bond acceptors (Lipinski definition) is 9. The molecule has 5 aromatic rings. The molecule has 3 heterocycles. The van der Waals surface area contributed by atoms with Gasteiger partial charge in [0.05, 0.1) is 50.6 Å². The molecule has 1 fully saturated rings. The van der Waals surface area contributed by atoms with Crippen LogP contribution in [-0.2, 0) is 16.8 Å². The average Bonchev–Trinajstić information content (AvgIpc) is 3.86. The number of fused-ring (bicyclic) bond motifs is 1. The summed E-state index contributed by atoms with van der Waals surface area (Å²) in [7, 11) is 2.69. The lowest BCUT2D eigenvalue weighted by atomic mass is 9.88. The number of aromatic nitrogens is 4. The molecule has 1 aliphatic carbocycles. The second-order valence-electron chi connectivity index (χ2n) is 11.9. The second-order valence-corrected chi connectivity index (χ2v) is 12.3. The van der Waals surface area contributed by atoms with E-state index in [0.717, 1.165) is 25.0 Å². The van der Waals surface area contributed by atoms with E-state index >= 15 is 4.39 Å². The van der Waals surface area contributed by atoms with Crippen molar-refractivity contribution in [1.29, 1.82) is 0 Å². The number of nitrogens with zero attached hydrogens (tertiary/aromatic N) is 4. The minimum atomic E-state index is -2.41. The number of aliphatic hydroxyl groups is 1. The quantitative estimate of drug-likeness (QED) is 0.112. The van der Waals surface area contributed by atoms with Crippen molar-refractivity contribution in [3.8, 4) is 28.6 Å². The van der Waals surface area contributed by atoms with E-state index in [1.165, 1.54) is 32.4 Å². The van der Waals surface area contributed by atoms with Crippen LogP contribution in [-0.4, -0.2) is 64.0 Å². The lowest BCUT2D eigenvalue weighted by Crippen LogP contribution is -2.42. The van der Waals surface area contributed by atoms with Crippen LogP contribution < -0.4 is 25.3 Å². The molecule has 1 aliphatic rings. The fourth-order valence-corrected chi connectivity index (χ4v) is 5.87. The molecule has 2 aromatic carbocycles. The number of hydrogen-bond donors (Lipinski definition) is 3. The number of pyridine rings is 2. The van der Waals surface area contributed by atoms with Gasteiger partial charge in [-0.15, -0.1) is 0 Å². The molecule has 266 valence electrons. The van der Waals surface area contributed by atoms with E-state index < -0.39 is 53.0 Å². The number of rotatable bonds is 13. The molecule has 16 heteroatoms. The minimum absolute atomic E-state index is 0.0246. The Bertz CT molecular complexity index is 2180. The Labute approximate surface area is 294 Å². The highest BCUT2D eigenvalue weighted by Crippen LogP contribution is 2.41. The van der Waals surface area contributed by atoms with Crippen LogP contribution in [0.1, 0.15) is 53.0 Å². The van der Waals surface area contributed by atoms with Crippen molar-refractivity contribution in [3.05, 3.63) is 93.7 Å². The van der Waals surface area contributed by atoms with Gasteiger partial charge in [-0.3, -0.25) is 14.3 Å². The van der Waals surface area contributed by atoms with Crippen LogP contribution in [0.4, 0.5) is 13.2 Å². The van der Waals surface area contributed by atoms with Gasteiger partial charge in [-0.05, 0) is 44.0 Å². The second kappa shape index (κ2) is 14.1. The van der Waals surface area contributed by atoms with Gasteiger partial charge in [0.15, 0.2) is 0 Å². The van der Waals surface area contributed by atoms with Gasteiger partial charge in [0.25, 0.3) is 5.91 Å². The Balaban J connectivity index is 1.50. The zero-order valence-corrected chi connectivity index (χ0v) is 28.4. The van der Waals surface area contributed by atoms with Crippen LogP contribution in [0, 0.1) is 17.6 Å². The molecule has 0 unspecified atom stereocenters. The van der Waals surface area contributed by atoms with E-state index in [2.05, 4.69) is 20.4 Å². The molecule has 51 heavy (non-hydrogen) atoms. The first-order valence-electron chi connectivity index (χ1n) is 15.7. The molecular formula is C35H32ClF3N6O6. The first kappa shape index (κ1) is 35.4. The van der Waals surface area contributed by atoms with E-state index in [9.17, 15) is 23.5 Å². The zero-order chi connectivity index (χ0) is 36.6. The van der Waals surface area contributed by atoms with Crippen molar-refractivity contribution < 1.29 is 42.1 Å². The molecule has 2 amide bonds. The number of primary amides is 1. The number of ether oxygens (including phenoxy) is 3. The van der Waals surface area contributed by atoms with Crippen LogP contribution in [0.2, 0.25) is 5.02 Å². The van der Waals surface area contributed by atoms with Gasteiger partial charge < -0.3 is 30.4 Å². The fourth-order valence-electron chi connectivity index (χ4n) is 5.71. The Morgan fingerprint density at radius 1 is 1.06 bits per heavy atom. The summed E-state index contributed by atoms with van der Waals surface area (Å²) in [4.78, 5) is 34.2. The number of carbonyl (C=O) groups excluding carboxylic acids is 2. The van der Waals surface area contributed by atoms with Gasteiger partial charge in [0.1, 0.15) is 39.9 Å². The maximum atomic E-state index is 15.4. The van der Waals surface area contributed by atoms with Crippen LogP contribution in [0.3, 0.4) is 0 Å². The van der Waals surface area contributed by atoms with Gasteiger partial charge in [-0.2, -0.15) is 14.5 Å². The summed E-state index contributed by atoms with van der Waals surface area (Å²) >= 11 is 6.03. The molecular weight excluding hydrogens is 693 g/mol. The number of methoxy groups -OCH3 is 2. The highest BCUT2D eigenvalue weighted by atomic mass is 35.5.